The van der Waals surface area contributed by atoms with E-state index in [-0.39, 0.29) is 17.1 Å². The summed E-state index contributed by atoms with van der Waals surface area (Å²) in [6, 6.07) is 11.3. The lowest BCUT2D eigenvalue weighted by molar-refractivity contribution is 0.0990. The van der Waals surface area contributed by atoms with Gasteiger partial charge >= 0.3 is 0 Å². The van der Waals surface area contributed by atoms with E-state index in [1.165, 1.54) is 0 Å². The predicted molar refractivity (Wildman–Crippen MR) is 115 cm³/mol. The second-order valence-corrected chi connectivity index (χ2v) is 9.13. The van der Waals surface area contributed by atoms with E-state index in [1.807, 2.05) is 25.1 Å². The van der Waals surface area contributed by atoms with Crippen molar-refractivity contribution in [2.24, 2.45) is 0 Å². The summed E-state index contributed by atoms with van der Waals surface area (Å²) in [5, 5.41) is 0.533. The van der Waals surface area contributed by atoms with Gasteiger partial charge in [0.15, 0.2) is 11.6 Å². The minimum atomic E-state index is -0.252. The number of carbonyl (C=O) groups is 2. The zero-order valence-corrected chi connectivity index (χ0v) is 17.1. The van der Waals surface area contributed by atoms with E-state index in [2.05, 4.69) is 6.07 Å². The Labute approximate surface area is 173 Å². The van der Waals surface area contributed by atoms with Crippen LogP contribution in [0.3, 0.4) is 0 Å². The number of ketones is 2. The smallest absolute Gasteiger partial charge is 0.197 e. The van der Waals surface area contributed by atoms with Crippen LogP contribution in [0.25, 0.3) is 26.1 Å². The number of allylic oxidation sites excluding steroid dienone is 1. The Morgan fingerprint density at radius 2 is 1.79 bits per heavy atom. The Kier molecular flexibility index (Phi) is 4.12. The topological polar surface area (TPSA) is 47.3 Å². The van der Waals surface area contributed by atoms with Gasteiger partial charge in [-0.05, 0) is 54.5 Å². The summed E-state index contributed by atoms with van der Waals surface area (Å²) in [7, 11) is 0. The van der Waals surface area contributed by atoms with Gasteiger partial charge in [0.05, 0.1) is 16.7 Å². The van der Waals surface area contributed by atoms with E-state index in [9.17, 15) is 9.59 Å². The standard InChI is InChI=1S/C22H13ClO3S2/c1-2-11-6-13-14(9-16(11)23)22(25)15(21(13)24)7-12-8-19-20(27-12)10-18(28-19)17-4-3-5-26-17/h3-10H,2H2,1H3/b15-7+. The summed E-state index contributed by atoms with van der Waals surface area (Å²) in [5.41, 5.74) is 1.94. The number of furan rings is 1. The SMILES string of the molecule is CCc1cc2c(cc1Cl)C(=O)/C(=C/c1cc3sc(-c4ccco4)cc3s1)C2=O. The highest BCUT2D eigenvalue weighted by Crippen LogP contribution is 2.40. The Morgan fingerprint density at radius 1 is 1.04 bits per heavy atom. The van der Waals surface area contributed by atoms with Crippen molar-refractivity contribution >= 4 is 61.3 Å². The summed E-state index contributed by atoms with van der Waals surface area (Å²) in [5.74, 6) is 0.366. The van der Waals surface area contributed by atoms with Crippen molar-refractivity contribution < 1.29 is 14.0 Å². The van der Waals surface area contributed by atoms with E-state index in [4.69, 9.17) is 16.0 Å². The fourth-order valence-electron chi connectivity index (χ4n) is 3.40. The van der Waals surface area contributed by atoms with E-state index in [1.54, 1.807) is 47.1 Å². The number of benzene rings is 1. The lowest BCUT2D eigenvalue weighted by Gasteiger charge is -2.03. The number of fused-ring (bicyclic) bond motifs is 2. The lowest BCUT2D eigenvalue weighted by atomic mass is 10.0. The molecule has 0 N–H and O–H groups in total. The molecule has 0 saturated heterocycles. The van der Waals surface area contributed by atoms with Gasteiger partial charge in [-0.2, -0.15) is 0 Å². The Balaban J connectivity index is 1.53. The van der Waals surface area contributed by atoms with Crippen molar-refractivity contribution in [3.8, 4) is 10.6 Å². The molecule has 0 radical (unpaired) electrons. The molecule has 3 aromatic heterocycles. The summed E-state index contributed by atoms with van der Waals surface area (Å²) in [6.45, 7) is 1.97. The molecule has 0 unspecified atom stereocenters. The van der Waals surface area contributed by atoms with Crippen molar-refractivity contribution in [3.63, 3.8) is 0 Å². The first-order valence-electron chi connectivity index (χ1n) is 8.76. The van der Waals surface area contributed by atoms with Crippen LogP contribution in [0.1, 0.15) is 38.1 Å². The van der Waals surface area contributed by atoms with Gasteiger partial charge in [0.25, 0.3) is 0 Å². The maximum absolute atomic E-state index is 12.8. The van der Waals surface area contributed by atoms with Crippen LogP contribution in [0.5, 0.6) is 0 Å². The normalized spacial score (nSPS) is 15.1. The van der Waals surface area contributed by atoms with Crippen LogP contribution in [0, 0.1) is 0 Å². The number of carbonyl (C=O) groups excluding carboxylic acids is 2. The quantitative estimate of drug-likeness (QED) is 0.265. The maximum atomic E-state index is 12.8. The Hall–Kier alpha value is -2.47. The number of hydrogen-bond acceptors (Lipinski definition) is 5. The van der Waals surface area contributed by atoms with Gasteiger partial charge < -0.3 is 4.42 Å². The molecule has 4 aromatic rings. The number of thiophene rings is 2. The summed E-state index contributed by atoms with van der Waals surface area (Å²) in [4.78, 5) is 27.5. The van der Waals surface area contributed by atoms with E-state index in [0.29, 0.717) is 22.6 Å². The Bertz CT molecular complexity index is 1260. The highest BCUT2D eigenvalue weighted by Gasteiger charge is 2.34. The molecule has 0 amide bonds. The van der Waals surface area contributed by atoms with Crippen LogP contribution >= 0.6 is 34.3 Å². The molecule has 0 atom stereocenters. The first kappa shape index (κ1) is 17.6. The third kappa shape index (κ3) is 2.70. The molecule has 28 heavy (non-hydrogen) atoms. The van der Waals surface area contributed by atoms with Gasteiger partial charge in [0.2, 0.25) is 0 Å². The first-order valence-corrected chi connectivity index (χ1v) is 10.8. The van der Waals surface area contributed by atoms with Gasteiger partial charge in [-0.1, -0.05) is 18.5 Å². The van der Waals surface area contributed by atoms with Crippen LogP contribution in [0.2, 0.25) is 5.02 Å². The van der Waals surface area contributed by atoms with Gasteiger partial charge in [0, 0.05) is 30.4 Å². The lowest BCUT2D eigenvalue weighted by Crippen LogP contribution is -1.99. The molecule has 1 aromatic carbocycles. The molecule has 0 aliphatic heterocycles. The maximum Gasteiger partial charge on any atom is 0.197 e. The molecule has 0 fully saturated rings. The second-order valence-electron chi connectivity index (χ2n) is 6.52. The van der Waals surface area contributed by atoms with Gasteiger partial charge in [-0.25, -0.2) is 0 Å². The number of aryl methyl sites for hydroxylation is 1. The number of rotatable bonds is 3. The number of halogens is 1. The average molecular weight is 425 g/mol. The monoisotopic (exact) mass is 424 g/mol. The highest BCUT2D eigenvalue weighted by atomic mass is 35.5. The molecule has 6 heteroatoms. The van der Waals surface area contributed by atoms with E-state index >= 15 is 0 Å². The molecule has 0 bridgehead atoms. The van der Waals surface area contributed by atoms with Crippen molar-refractivity contribution in [1.29, 1.82) is 0 Å². The molecular formula is C22H13ClO3S2. The fourth-order valence-corrected chi connectivity index (χ4v) is 6.01. The van der Waals surface area contributed by atoms with Crippen LogP contribution in [-0.4, -0.2) is 11.6 Å². The average Bonchev–Trinajstić information content (AvgIpc) is 3.43. The largest absolute Gasteiger partial charge is 0.464 e. The molecule has 1 aliphatic rings. The molecule has 138 valence electrons. The first-order chi connectivity index (χ1) is 13.5. The van der Waals surface area contributed by atoms with Crippen molar-refractivity contribution in [2.45, 2.75) is 13.3 Å². The summed E-state index contributed by atoms with van der Waals surface area (Å²) < 4.78 is 7.66. The summed E-state index contributed by atoms with van der Waals surface area (Å²) >= 11 is 9.42. The molecule has 0 spiro atoms. The molecule has 1 aliphatic carbocycles. The highest BCUT2D eigenvalue weighted by molar-refractivity contribution is 7.29. The van der Waals surface area contributed by atoms with Crippen molar-refractivity contribution in [1.82, 2.24) is 0 Å². The molecule has 5 rings (SSSR count). The van der Waals surface area contributed by atoms with Crippen LogP contribution < -0.4 is 0 Å². The van der Waals surface area contributed by atoms with E-state index < -0.39 is 0 Å². The molecule has 3 nitrogen and oxygen atoms in total. The zero-order valence-electron chi connectivity index (χ0n) is 14.7. The molecule has 3 heterocycles. The van der Waals surface area contributed by atoms with Crippen LogP contribution in [0.4, 0.5) is 0 Å². The van der Waals surface area contributed by atoms with Gasteiger partial charge in [-0.15, -0.1) is 22.7 Å². The van der Waals surface area contributed by atoms with Crippen LogP contribution in [0.15, 0.2) is 52.7 Å². The van der Waals surface area contributed by atoms with Crippen LogP contribution in [-0.2, 0) is 6.42 Å². The van der Waals surface area contributed by atoms with E-state index in [0.717, 1.165) is 30.5 Å². The number of Topliss-reactive ketones (excluding diaryl/α,β-unsaturated/α-hetero) is 2. The second kappa shape index (κ2) is 6.55. The van der Waals surface area contributed by atoms with Gasteiger partial charge in [-0.3, -0.25) is 9.59 Å². The zero-order chi connectivity index (χ0) is 19.4. The molecular weight excluding hydrogens is 412 g/mol. The van der Waals surface area contributed by atoms with Gasteiger partial charge in [0.1, 0.15) is 5.76 Å². The predicted octanol–water partition coefficient (Wildman–Crippen LogP) is 6.90. The van der Waals surface area contributed by atoms with Crippen molar-refractivity contribution in [3.05, 3.63) is 74.8 Å². The van der Waals surface area contributed by atoms with Crippen molar-refractivity contribution in [2.75, 3.05) is 0 Å². The Morgan fingerprint density at radius 3 is 2.46 bits per heavy atom. The third-order valence-corrected chi connectivity index (χ3v) is 7.43. The minimum absolute atomic E-state index is 0.208. The minimum Gasteiger partial charge on any atom is -0.464 e. The summed E-state index contributed by atoms with van der Waals surface area (Å²) in [6.07, 6.45) is 4.07. The molecule has 0 saturated carbocycles. The third-order valence-electron chi connectivity index (χ3n) is 4.82. The fraction of sp³-hybridized carbons (Fsp3) is 0.0909. The number of hydrogen-bond donors (Lipinski definition) is 0.